The van der Waals surface area contributed by atoms with Gasteiger partial charge in [-0.25, -0.2) is 8.42 Å². The van der Waals surface area contributed by atoms with Crippen LogP contribution < -0.4 is 10.6 Å². The third kappa shape index (κ3) is 9.95. The first-order valence-electron chi connectivity index (χ1n) is 8.94. The molecule has 150 valence electrons. The number of ether oxygens (including phenoxy) is 1. The van der Waals surface area contributed by atoms with Gasteiger partial charge >= 0.3 is 0 Å². The molecule has 1 aliphatic rings. The van der Waals surface area contributed by atoms with Crippen LogP contribution in [0.1, 0.15) is 27.7 Å². The summed E-state index contributed by atoms with van der Waals surface area (Å²) in [6.07, 6.45) is 0. The fourth-order valence-corrected chi connectivity index (χ4v) is 3.35. The lowest BCUT2D eigenvalue weighted by Crippen LogP contribution is -2.48. The summed E-state index contributed by atoms with van der Waals surface area (Å²) in [5, 5.41) is 6.31. The van der Waals surface area contributed by atoms with Crippen LogP contribution in [0.3, 0.4) is 0 Å². The molecule has 0 aromatic rings. The number of hydrogen-bond acceptors (Lipinski definition) is 5. The van der Waals surface area contributed by atoms with Gasteiger partial charge in [0, 0.05) is 38.0 Å². The number of nitrogens with one attached hydrogen (secondary N) is 2. The Morgan fingerprint density at radius 1 is 1.20 bits per heavy atom. The number of guanidine groups is 1. The zero-order valence-electron chi connectivity index (χ0n) is 16.0. The van der Waals surface area contributed by atoms with Crippen molar-refractivity contribution in [2.45, 2.75) is 33.7 Å². The summed E-state index contributed by atoms with van der Waals surface area (Å²) in [6, 6.07) is 0.365. The van der Waals surface area contributed by atoms with Gasteiger partial charge in [0.05, 0.1) is 25.5 Å². The minimum absolute atomic E-state index is 0. The van der Waals surface area contributed by atoms with Crippen LogP contribution in [0.5, 0.6) is 0 Å². The third-order valence-electron chi connectivity index (χ3n) is 4.21. The minimum Gasteiger partial charge on any atom is -0.379 e. The van der Waals surface area contributed by atoms with E-state index in [2.05, 4.69) is 34.4 Å². The summed E-state index contributed by atoms with van der Waals surface area (Å²) in [6.45, 7) is 13.4. The highest BCUT2D eigenvalue weighted by molar-refractivity contribution is 14.0. The lowest BCUT2D eigenvalue weighted by molar-refractivity contribution is 0.00867. The van der Waals surface area contributed by atoms with Gasteiger partial charge in [0.25, 0.3) is 0 Å². The molecule has 0 aromatic carbocycles. The normalized spacial score (nSPS) is 17.9. The zero-order chi connectivity index (χ0) is 18.0. The first kappa shape index (κ1) is 24.9. The van der Waals surface area contributed by atoms with Crippen LogP contribution in [-0.2, 0) is 14.6 Å². The third-order valence-corrected chi connectivity index (χ3v) is 5.92. The van der Waals surface area contributed by atoms with Gasteiger partial charge in [-0.05, 0) is 12.8 Å². The highest BCUT2D eigenvalue weighted by Crippen LogP contribution is 2.13. The maximum atomic E-state index is 11.6. The molecule has 1 fully saturated rings. The quantitative estimate of drug-likeness (QED) is 0.285. The molecular weight excluding hydrogens is 455 g/mol. The van der Waals surface area contributed by atoms with Gasteiger partial charge < -0.3 is 15.4 Å². The Labute approximate surface area is 170 Å². The van der Waals surface area contributed by atoms with Crippen molar-refractivity contribution in [3.8, 4) is 0 Å². The topological polar surface area (TPSA) is 83.0 Å². The number of aliphatic imine (C=N–C) groups is 1. The van der Waals surface area contributed by atoms with Crippen molar-refractivity contribution >= 4 is 39.8 Å². The predicted octanol–water partition coefficient (Wildman–Crippen LogP) is 0.951. The Balaban J connectivity index is 0.00000576. The molecular formula is C16H35IN4O3S. The van der Waals surface area contributed by atoms with Crippen LogP contribution in [-0.4, -0.2) is 82.8 Å². The Morgan fingerprint density at radius 2 is 1.84 bits per heavy atom. The Morgan fingerprint density at radius 3 is 2.36 bits per heavy atom. The number of nitrogens with zero attached hydrogens (tertiary/aromatic N) is 2. The van der Waals surface area contributed by atoms with E-state index < -0.39 is 9.84 Å². The SMILES string of the molecule is CCNC(=NCC(C(C)C)N1CCOCC1)NCCS(=O)(=O)CC.I. The van der Waals surface area contributed by atoms with Crippen LogP contribution in [0.2, 0.25) is 0 Å². The van der Waals surface area contributed by atoms with E-state index in [0.29, 0.717) is 31.0 Å². The molecule has 7 nitrogen and oxygen atoms in total. The Kier molecular flexibility index (Phi) is 13.0. The van der Waals surface area contributed by atoms with Crippen LogP contribution in [0.15, 0.2) is 4.99 Å². The molecule has 25 heavy (non-hydrogen) atoms. The van der Waals surface area contributed by atoms with Crippen molar-refractivity contribution in [3.05, 3.63) is 0 Å². The summed E-state index contributed by atoms with van der Waals surface area (Å²) >= 11 is 0. The highest BCUT2D eigenvalue weighted by Gasteiger charge is 2.23. The molecule has 0 spiro atoms. The van der Waals surface area contributed by atoms with Crippen LogP contribution in [0.25, 0.3) is 0 Å². The smallest absolute Gasteiger partial charge is 0.191 e. The maximum absolute atomic E-state index is 11.6. The second kappa shape index (κ2) is 13.1. The van der Waals surface area contributed by atoms with Gasteiger partial charge in [-0.15, -0.1) is 24.0 Å². The summed E-state index contributed by atoms with van der Waals surface area (Å²) in [5.74, 6) is 1.48. The number of halogens is 1. The average Bonchev–Trinajstić information content (AvgIpc) is 2.55. The lowest BCUT2D eigenvalue weighted by atomic mass is 10.0. The highest BCUT2D eigenvalue weighted by atomic mass is 127. The predicted molar refractivity (Wildman–Crippen MR) is 115 cm³/mol. The fourth-order valence-electron chi connectivity index (χ4n) is 2.65. The molecule has 1 unspecified atom stereocenters. The maximum Gasteiger partial charge on any atom is 0.191 e. The molecule has 0 amide bonds. The van der Waals surface area contributed by atoms with E-state index in [1.54, 1.807) is 6.92 Å². The fraction of sp³-hybridized carbons (Fsp3) is 0.938. The van der Waals surface area contributed by atoms with Gasteiger partial charge in [0.1, 0.15) is 0 Å². The van der Waals surface area contributed by atoms with E-state index in [4.69, 9.17) is 4.74 Å². The molecule has 0 aromatic heterocycles. The first-order chi connectivity index (χ1) is 11.4. The summed E-state index contributed by atoms with van der Waals surface area (Å²) in [5.41, 5.74) is 0. The molecule has 0 saturated carbocycles. The summed E-state index contributed by atoms with van der Waals surface area (Å²) < 4.78 is 28.6. The van der Waals surface area contributed by atoms with Crippen LogP contribution >= 0.6 is 24.0 Å². The molecule has 1 atom stereocenters. The van der Waals surface area contributed by atoms with Gasteiger partial charge in [-0.3, -0.25) is 9.89 Å². The molecule has 1 aliphatic heterocycles. The molecule has 0 radical (unpaired) electrons. The Bertz CT molecular complexity index is 480. The minimum atomic E-state index is -2.96. The van der Waals surface area contributed by atoms with Gasteiger partial charge in [0.2, 0.25) is 0 Å². The summed E-state index contributed by atoms with van der Waals surface area (Å²) in [4.78, 5) is 7.11. The van der Waals surface area contributed by atoms with Gasteiger partial charge in [-0.1, -0.05) is 20.8 Å². The van der Waals surface area contributed by atoms with E-state index in [9.17, 15) is 8.42 Å². The molecule has 1 heterocycles. The monoisotopic (exact) mass is 490 g/mol. The van der Waals surface area contributed by atoms with Crippen molar-refractivity contribution in [2.24, 2.45) is 10.9 Å². The number of hydrogen-bond donors (Lipinski definition) is 2. The van der Waals surface area contributed by atoms with Crippen molar-refractivity contribution < 1.29 is 13.2 Å². The molecule has 2 N–H and O–H groups in total. The first-order valence-corrected chi connectivity index (χ1v) is 10.8. The molecule has 0 bridgehead atoms. The van der Waals surface area contributed by atoms with E-state index in [1.165, 1.54) is 0 Å². The van der Waals surface area contributed by atoms with E-state index >= 15 is 0 Å². The second-order valence-electron chi connectivity index (χ2n) is 6.34. The zero-order valence-corrected chi connectivity index (χ0v) is 19.1. The number of morpholine rings is 1. The molecule has 1 rings (SSSR count). The summed E-state index contributed by atoms with van der Waals surface area (Å²) in [7, 11) is -2.96. The van der Waals surface area contributed by atoms with Gasteiger partial charge in [0.15, 0.2) is 15.8 Å². The molecule has 9 heteroatoms. The van der Waals surface area contributed by atoms with Crippen LogP contribution in [0.4, 0.5) is 0 Å². The number of sulfone groups is 1. The lowest BCUT2D eigenvalue weighted by Gasteiger charge is -2.36. The van der Waals surface area contributed by atoms with Crippen molar-refractivity contribution in [2.75, 3.05) is 57.4 Å². The van der Waals surface area contributed by atoms with Crippen LogP contribution in [0, 0.1) is 5.92 Å². The van der Waals surface area contributed by atoms with E-state index in [-0.39, 0.29) is 35.5 Å². The van der Waals surface area contributed by atoms with Crippen molar-refractivity contribution in [3.63, 3.8) is 0 Å². The van der Waals surface area contributed by atoms with Crippen molar-refractivity contribution in [1.29, 1.82) is 0 Å². The number of rotatable bonds is 9. The van der Waals surface area contributed by atoms with Crippen molar-refractivity contribution in [1.82, 2.24) is 15.5 Å². The molecule has 0 aliphatic carbocycles. The van der Waals surface area contributed by atoms with E-state index in [1.807, 2.05) is 6.92 Å². The standard InChI is InChI=1S/C16H34N4O3S.HI/c1-5-17-16(18-7-12-24(21,22)6-2)19-13-15(14(3)4)20-8-10-23-11-9-20;/h14-15H,5-13H2,1-4H3,(H2,17,18,19);1H. The van der Waals surface area contributed by atoms with E-state index in [0.717, 1.165) is 32.8 Å². The second-order valence-corrected chi connectivity index (χ2v) is 8.82. The largest absolute Gasteiger partial charge is 0.379 e. The Hall–Kier alpha value is -0.130. The average molecular weight is 490 g/mol. The molecule has 1 saturated heterocycles. The van der Waals surface area contributed by atoms with Gasteiger partial charge in [-0.2, -0.15) is 0 Å².